The molecule has 24 heavy (non-hydrogen) atoms. The fraction of sp³-hybridized carbons (Fsp3) is 0.364. The maximum absolute atomic E-state index is 12.8. The molecule has 0 radical (unpaired) electrons. The number of hydrogen-bond donors (Lipinski definition) is 0. The van der Waals surface area contributed by atoms with Crippen molar-refractivity contribution >= 4 is 11.6 Å². The normalized spacial score (nSPS) is 22.5. The zero-order chi connectivity index (χ0) is 16.6. The summed E-state index contributed by atoms with van der Waals surface area (Å²) in [6.45, 7) is 0. The second-order valence-electron chi connectivity index (χ2n) is 7.22. The van der Waals surface area contributed by atoms with Crippen LogP contribution in [-0.2, 0) is 4.79 Å². The number of rotatable bonds is 5. The first-order chi connectivity index (χ1) is 11.7. The number of hydrogen-bond acceptors (Lipinski definition) is 2. The molecule has 122 valence electrons. The lowest BCUT2D eigenvalue weighted by atomic mass is 9.83. The van der Waals surface area contributed by atoms with E-state index >= 15 is 0 Å². The van der Waals surface area contributed by atoms with Gasteiger partial charge in [0, 0.05) is 29.2 Å². The van der Waals surface area contributed by atoms with E-state index in [2.05, 4.69) is 12.1 Å². The van der Waals surface area contributed by atoms with E-state index in [1.54, 1.807) is 0 Å². The van der Waals surface area contributed by atoms with Crippen molar-refractivity contribution in [2.24, 2.45) is 11.3 Å². The van der Waals surface area contributed by atoms with E-state index in [1.807, 2.05) is 48.5 Å². The molecule has 2 aromatic rings. The average molecular weight is 318 g/mol. The fourth-order valence-corrected chi connectivity index (χ4v) is 4.62. The molecule has 2 aliphatic rings. The Balaban J connectivity index is 1.63. The van der Waals surface area contributed by atoms with Gasteiger partial charge in [-0.2, -0.15) is 0 Å². The Morgan fingerprint density at radius 3 is 2.17 bits per heavy atom. The number of Topliss-reactive ketones (excluding diaryl/α,β-unsaturated/α-hetero) is 2. The van der Waals surface area contributed by atoms with E-state index in [-0.39, 0.29) is 23.0 Å². The molecule has 0 unspecified atom stereocenters. The Bertz CT molecular complexity index is 742. The molecule has 1 spiro atoms. The van der Waals surface area contributed by atoms with Gasteiger partial charge in [-0.3, -0.25) is 9.59 Å². The van der Waals surface area contributed by atoms with Crippen LogP contribution in [0.4, 0.5) is 0 Å². The van der Waals surface area contributed by atoms with E-state index in [9.17, 15) is 9.59 Å². The molecule has 2 fully saturated rings. The lowest BCUT2D eigenvalue weighted by molar-refractivity contribution is -0.113. The molecular formula is C22H22O2. The molecule has 0 aromatic heterocycles. The van der Waals surface area contributed by atoms with Crippen LogP contribution in [0.1, 0.15) is 53.9 Å². The maximum atomic E-state index is 12.8. The van der Waals surface area contributed by atoms with Crippen LogP contribution in [0.5, 0.6) is 0 Å². The quantitative estimate of drug-likeness (QED) is 0.742. The monoisotopic (exact) mass is 318 g/mol. The van der Waals surface area contributed by atoms with E-state index in [0.29, 0.717) is 12.2 Å². The summed E-state index contributed by atoms with van der Waals surface area (Å²) in [7, 11) is 0. The van der Waals surface area contributed by atoms with Crippen molar-refractivity contribution in [3.63, 3.8) is 0 Å². The number of carbonyl (C=O) groups excluding carboxylic acids is 2. The molecular weight excluding hydrogens is 296 g/mol. The highest BCUT2D eigenvalue weighted by Gasteiger charge is 2.67. The van der Waals surface area contributed by atoms with Crippen LogP contribution in [0.3, 0.4) is 0 Å². The Labute approximate surface area is 142 Å². The molecule has 2 aliphatic carbocycles. The zero-order valence-electron chi connectivity index (χ0n) is 13.8. The van der Waals surface area contributed by atoms with Crippen molar-refractivity contribution in [3.8, 4) is 0 Å². The van der Waals surface area contributed by atoms with Crippen molar-refractivity contribution in [1.82, 2.24) is 0 Å². The smallest absolute Gasteiger partial charge is 0.163 e. The minimum absolute atomic E-state index is 0.0181. The Hall–Kier alpha value is -2.22. The Morgan fingerprint density at radius 1 is 0.958 bits per heavy atom. The van der Waals surface area contributed by atoms with Crippen LogP contribution in [-0.4, -0.2) is 11.6 Å². The van der Waals surface area contributed by atoms with E-state index in [4.69, 9.17) is 0 Å². The lowest BCUT2D eigenvalue weighted by Gasteiger charge is -2.18. The van der Waals surface area contributed by atoms with Crippen molar-refractivity contribution in [3.05, 3.63) is 71.8 Å². The third kappa shape index (κ3) is 2.50. The van der Waals surface area contributed by atoms with Crippen LogP contribution in [0, 0.1) is 11.3 Å². The molecule has 0 amide bonds. The summed E-state index contributed by atoms with van der Waals surface area (Å²) in [5, 5.41) is 0. The van der Waals surface area contributed by atoms with Gasteiger partial charge < -0.3 is 0 Å². The van der Waals surface area contributed by atoms with E-state index < -0.39 is 0 Å². The molecule has 0 N–H and O–H groups in total. The fourth-order valence-electron chi connectivity index (χ4n) is 4.62. The summed E-state index contributed by atoms with van der Waals surface area (Å²) >= 11 is 0. The largest absolute Gasteiger partial charge is 0.299 e. The topological polar surface area (TPSA) is 34.1 Å². The third-order valence-corrected chi connectivity index (χ3v) is 5.91. The summed E-state index contributed by atoms with van der Waals surface area (Å²) in [5.74, 6) is 0.589. The van der Waals surface area contributed by atoms with Crippen LogP contribution in [0.15, 0.2) is 60.7 Å². The molecule has 0 aliphatic heterocycles. The van der Waals surface area contributed by atoms with Crippen LogP contribution < -0.4 is 0 Å². The highest BCUT2D eigenvalue weighted by Crippen LogP contribution is 2.64. The predicted molar refractivity (Wildman–Crippen MR) is 94.0 cm³/mol. The van der Waals surface area contributed by atoms with Gasteiger partial charge in [0.25, 0.3) is 0 Å². The van der Waals surface area contributed by atoms with Crippen LogP contribution in [0.25, 0.3) is 0 Å². The standard InChI is InChI=1S/C22H22O2/c23-19(17-11-5-2-6-12-17)15-18(16-9-3-1-4-10-16)20-21(24)22(20)13-7-8-14-22/h1-6,9-12,18,20H,7-8,13-15H2/t18-,20+/m1/s1. The van der Waals surface area contributed by atoms with Crippen molar-refractivity contribution in [2.75, 3.05) is 0 Å². The molecule has 0 bridgehead atoms. The second kappa shape index (κ2) is 6.01. The van der Waals surface area contributed by atoms with Crippen molar-refractivity contribution in [1.29, 1.82) is 0 Å². The second-order valence-corrected chi connectivity index (χ2v) is 7.22. The van der Waals surface area contributed by atoms with Crippen molar-refractivity contribution in [2.45, 2.75) is 38.0 Å². The molecule has 2 saturated carbocycles. The molecule has 2 atom stereocenters. The summed E-state index contributed by atoms with van der Waals surface area (Å²) < 4.78 is 0. The Morgan fingerprint density at radius 2 is 1.54 bits per heavy atom. The first kappa shape index (κ1) is 15.3. The summed E-state index contributed by atoms with van der Waals surface area (Å²) in [5.41, 5.74) is 1.76. The average Bonchev–Trinajstić information content (AvgIpc) is 2.99. The summed E-state index contributed by atoms with van der Waals surface area (Å²) in [4.78, 5) is 25.4. The zero-order valence-corrected chi connectivity index (χ0v) is 13.8. The minimum Gasteiger partial charge on any atom is -0.299 e. The predicted octanol–water partition coefficient (Wildman–Crippen LogP) is 4.80. The van der Waals surface area contributed by atoms with Gasteiger partial charge in [0.2, 0.25) is 0 Å². The van der Waals surface area contributed by atoms with Crippen LogP contribution in [0.2, 0.25) is 0 Å². The van der Waals surface area contributed by atoms with E-state index in [0.717, 1.165) is 36.8 Å². The van der Waals surface area contributed by atoms with Crippen molar-refractivity contribution < 1.29 is 9.59 Å². The molecule has 0 heterocycles. The van der Waals surface area contributed by atoms with Gasteiger partial charge in [-0.25, -0.2) is 0 Å². The molecule has 0 saturated heterocycles. The Kier molecular flexibility index (Phi) is 3.84. The minimum atomic E-state index is -0.114. The van der Waals surface area contributed by atoms with Crippen LogP contribution >= 0.6 is 0 Å². The van der Waals surface area contributed by atoms with Gasteiger partial charge in [-0.1, -0.05) is 73.5 Å². The van der Waals surface area contributed by atoms with Gasteiger partial charge >= 0.3 is 0 Å². The lowest BCUT2D eigenvalue weighted by Crippen LogP contribution is -2.13. The highest BCUT2D eigenvalue weighted by molar-refractivity contribution is 6.06. The number of ketones is 2. The van der Waals surface area contributed by atoms with E-state index in [1.165, 1.54) is 0 Å². The first-order valence-corrected chi connectivity index (χ1v) is 8.90. The van der Waals surface area contributed by atoms with Gasteiger partial charge in [0.05, 0.1) is 0 Å². The molecule has 4 rings (SSSR count). The summed E-state index contributed by atoms with van der Waals surface area (Å²) in [6.07, 6.45) is 4.75. The highest BCUT2D eigenvalue weighted by atomic mass is 16.1. The van der Waals surface area contributed by atoms with Gasteiger partial charge in [-0.05, 0) is 18.4 Å². The number of benzene rings is 2. The molecule has 2 aromatic carbocycles. The SMILES string of the molecule is O=C(C[C@H](c1ccccc1)[C@H]1C(=O)C12CCCC2)c1ccccc1. The molecule has 2 heteroatoms. The van der Waals surface area contributed by atoms with Gasteiger partial charge in [0.15, 0.2) is 5.78 Å². The van der Waals surface area contributed by atoms with Gasteiger partial charge in [0.1, 0.15) is 5.78 Å². The first-order valence-electron chi connectivity index (χ1n) is 8.90. The third-order valence-electron chi connectivity index (χ3n) is 5.91. The number of carbonyl (C=O) groups is 2. The molecule has 2 nitrogen and oxygen atoms in total. The van der Waals surface area contributed by atoms with Gasteiger partial charge in [-0.15, -0.1) is 0 Å². The maximum Gasteiger partial charge on any atom is 0.163 e. The summed E-state index contributed by atoms with van der Waals surface area (Å²) in [6, 6.07) is 19.6.